The molecule has 2 aromatic rings. The Balaban J connectivity index is 1.97. The predicted molar refractivity (Wildman–Crippen MR) is 112 cm³/mol. The first kappa shape index (κ1) is 19.2. The van der Waals surface area contributed by atoms with Gasteiger partial charge in [-0.3, -0.25) is 4.79 Å². The van der Waals surface area contributed by atoms with Crippen LogP contribution in [0.1, 0.15) is 25.5 Å². The van der Waals surface area contributed by atoms with Crippen molar-refractivity contribution in [3.05, 3.63) is 70.4 Å². The molecule has 1 aliphatic rings. The number of rotatable bonds is 5. The zero-order valence-electron chi connectivity index (χ0n) is 15.0. The summed E-state index contributed by atoms with van der Waals surface area (Å²) >= 11 is 11.6. The normalized spacial score (nSPS) is 16.4. The third-order valence-corrected chi connectivity index (χ3v) is 4.73. The molecule has 0 radical (unpaired) electrons. The molecular formula is C20H20ClN3O2S. The van der Waals surface area contributed by atoms with Crippen molar-refractivity contribution in [1.82, 2.24) is 10.6 Å². The number of carbonyl (C=O) groups is 1. The smallest absolute Gasteiger partial charge is 0.255 e. The molecule has 0 aliphatic carbocycles. The lowest BCUT2D eigenvalue weighted by Gasteiger charge is -2.31. The van der Waals surface area contributed by atoms with Crippen LogP contribution in [0, 0.1) is 0 Å². The lowest BCUT2D eigenvalue weighted by molar-refractivity contribution is -0.113. The number of para-hydroxylation sites is 2. The largest absolute Gasteiger partial charge is 0.492 e. The molecule has 5 nitrogen and oxygen atoms in total. The summed E-state index contributed by atoms with van der Waals surface area (Å²) in [5.41, 5.74) is 2.58. The molecule has 0 saturated carbocycles. The summed E-state index contributed by atoms with van der Waals surface area (Å²) in [6.07, 6.45) is 0. The number of ether oxygens (including phenoxy) is 1. The van der Waals surface area contributed by atoms with Crippen LogP contribution in [0.4, 0.5) is 5.69 Å². The third kappa shape index (κ3) is 4.23. The van der Waals surface area contributed by atoms with Crippen molar-refractivity contribution in [3.63, 3.8) is 0 Å². The summed E-state index contributed by atoms with van der Waals surface area (Å²) in [6, 6.07) is 14.3. The van der Waals surface area contributed by atoms with Crippen molar-refractivity contribution < 1.29 is 9.53 Å². The Kier molecular flexibility index (Phi) is 5.98. The zero-order chi connectivity index (χ0) is 19.4. The van der Waals surface area contributed by atoms with E-state index in [1.807, 2.05) is 50.2 Å². The standard InChI is InChI=1S/C20H20ClN3O2S/c1-3-26-16-11-7-6-10-15(16)23-19(25)17-12(2)22-20(27)24-18(17)13-8-4-5-9-14(13)21/h4-11,18H,3H2,1-2H3,(H,23,25)(H2,22,24,27)/t18-/m0/s1. The van der Waals surface area contributed by atoms with Gasteiger partial charge in [0.2, 0.25) is 0 Å². The van der Waals surface area contributed by atoms with Crippen molar-refractivity contribution in [2.24, 2.45) is 0 Å². The highest BCUT2D eigenvalue weighted by atomic mass is 35.5. The van der Waals surface area contributed by atoms with Crippen molar-refractivity contribution in [2.45, 2.75) is 19.9 Å². The Hall–Kier alpha value is -2.57. The van der Waals surface area contributed by atoms with Gasteiger partial charge >= 0.3 is 0 Å². The summed E-state index contributed by atoms with van der Waals surface area (Å²) in [5.74, 6) is 0.361. The van der Waals surface area contributed by atoms with Crippen LogP contribution in [-0.4, -0.2) is 17.6 Å². The van der Waals surface area contributed by atoms with E-state index in [0.717, 1.165) is 5.56 Å². The minimum atomic E-state index is -0.452. The molecule has 1 heterocycles. The second-order valence-corrected chi connectivity index (χ2v) is 6.79. The molecule has 0 unspecified atom stereocenters. The van der Waals surface area contributed by atoms with Gasteiger partial charge in [-0.2, -0.15) is 0 Å². The maximum absolute atomic E-state index is 13.1. The van der Waals surface area contributed by atoms with E-state index in [9.17, 15) is 4.79 Å². The summed E-state index contributed by atoms with van der Waals surface area (Å²) in [6.45, 7) is 4.23. The molecule has 1 atom stereocenters. The highest BCUT2D eigenvalue weighted by Gasteiger charge is 2.31. The van der Waals surface area contributed by atoms with E-state index in [1.54, 1.807) is 12.1 Å². The van der Waals surface area contributed by atoms with Gasteiger partial charge in [0.15, 0.2) is 5.11 Å². The molecule has 0 fully saturated rings. The first-order valence-electron chi connectivity index (χ1n) is 8.57. The van der Waals surface area contributed by atoms with Gasteiger partial charge in [0.25, 0.3) is 5.91 Å². The second-order valence-electron chi connectivity index (χ2n) is 5.97. The number of thiocarbonyl (C=S) groups is 1. The van der Waals surface area contributed by atoms with Crippen LogP contribution in [0.5, 0.6) is 5.75 Å². The van der Waals surface area contributed by atoms with Crippen LogP contribution in [0.25, 0.3) is 0 Å². The number of hydrogen-bond acceptors (Lipinski definition) is 3. The van der Waals surface area contributed by atoms with Gasteiger partial charge in [-0.15, -0.1) is 0 Å². The van der Waals surface area contributed by atoms with Gasteiger partial charge in [-0.1, -0.05) is 41.9 Å². The molecule has 2 aromatic carbocycles. The van der Waals surface area contributed by atoms with Gasteiger partial charge in [0.05, 0.1) is 23.9 Å². The average Bonchev–Trinajstić information content (AvgIpc) is 2.63. The monoisotopic (exact) mass is 401 g/mol. The Labute approximate surface area is 168 Å². The minimum Gasteiger partial charge on any atom is -0.492 e. The fourth-order valence-corrected chi connectivity index (χ4v) is 3.49. The van der Waals surface area contributed by atoms with E-state index in [1.165, 1.54) is 0 Å². The molecule has 7 heteroatoms. The molecule has 0 saturated heterocycles. The average molecular weight is 402 g/mol. The van der Waals surface area contributed by atoms with E-state index < -0.39 is 6.04 Å². The van der Waals surface area contributed by atoms with Crippen molar-refractivity contribution in [1.29, 1.82) is 0 Å². The maximum Gasteiger partial charge on any atom is 0.255 e. The van der Waals surface area contributed by atoms with E-state index in [0.29, 0.717) is 39.4 Å². The van der Waals surface area contributed by atoms with Gasteiger partial charge < -0.3 is 20.7 Å². The van der Waals surface area contributed by atoms with E-state index in [-0.39, 0.29) is 5.91 Å². The molecule has 3 N–H and O–H groups in total. The lowest BCUT2D eigenvalue weighted by atomic mass is 9.95. The number of allylic oxidation sites excluding steroid dienone is 1. The number of hydrogen-bond donors (Lipinski definition) is 3. The first-order valence-corrected chi connectivity index (χ1v) is 9.35. The second kappa shape index (κ2) is 8.41. The highest BCUT2D eigenvalue weighted by molar-refractivity contribution is 7.80. The molecule has 1 amide bonds. The van der Waals surface area contributed by atoms with Gasteiger partial charge in [0, 0.05) is 10.7 Å². The summed E-state index contributed by atoms with van der Waals surface area (Å²) in [7, 11) is 0. The summed E-state index contributed by atoms with van der Waals surface area (Å²) in [4.78, 5) is 13.1. The Morgan fingerprint density at radius 2 is 1.93 bits per heavy atom. The molecule has 27 heavy (non-hydrogen) atoms. The van der Waals surface area contributed by atoms with Gasteiger partial charge in [-0.05, 0) is 49.8 Å². The predicted octanol–water partition coefficient (Wildman–Crippen LogP) is 4.17. The van der Waals surface area contributed by atoms with E-state index in [4.69, 9.17) is 28.6 Å². The van der Waals surface area contributed by atoms with Crippen LogP contribution >= 0.6 is 23.8 Å². The van der Waals surface area contributed by atoms with Crippen LogP contribution in [0.15, 0.2) is 59.8 Å². The molecule has 0 aromatic heterocycles. The highest BCUT2D eigenvalue weighted by Crippen LogP contribution is 2.33. The van der Waals surface area contributed by atoms with E-state index >= 15 is 0 Å². The number of amides is 1. The summed E-state index contributed by atoms with van der Waals surface area (Å²) < 4.78 is 5.60. The molecular weight excluding hydrogens is 382 g/mol. The van der Waals surface area contributed by atoms with Crippen molar-refractivity contribution in [3.8, 4) is 5.75 Å². The molecule has 1 aliphatic heterocycles. The third-order valence-electron chi connectivity index (χ3n) is 4.17. The number of carbonyl (C=O) groups excluding carboxylic acids is 1. The molecule has 140 valence electrons. The number of halogens is 1. The Morgan fingerprint density at radius 3 is 2.67 bits per heavy atom. The molecule has 3 rings (SSSR count). The SMILES string of the molecule is CCOc1ccccc1NC(=O)C1=C(C)NC(=S)N[C@H]1c1ccccc1Cl. The van der Waals surface area contributed by atoms with Gasteiger partial charge in [0.1, 0.15) is 5.75 Å². The Bertz CT molecular complexity index is 914. The number of nitrogens with one attached hydrogen (secondary N) is 3. The lowest BCUT2D eigenvalue weighted by Crippen LogP contribution is -2.45. The minimum absolute atomic E-state index is 0.257. The first-order chi connectivity index (χ1) is 13.0. The summed E-state index contributed by atoms with van der Waals surface area (Å²) in [5, 5.41) is 10.1. The maximum atomic E-state index is 13.1. The molecule has 0 bridgehead atoms. The van der Waals surface area contributed by atoms with Crippen LogP contribution < -0.4 is 20.7 Å². The van der Waals surface area contributed by atoms with Gasteiger partial charge in [-0.25, -0.2) is 0 Å². The molecule has 0 spiro atoms. The fraction of sp³-hybridized carbons (Fsp3) is 0.200. The van der Waals surface area contributed by atoms with Crippen LogP contribution in [-0.2, 0) is 4.79 Å². The Morgan fingerprint density at radius 1 is 1.22 bits per heavy atom. The number of anilines is 1. The zero-order valence-corrected chi connectivity index (χ0v) is 16.6. The quantitative estimate of drug-likeness (QED) is 0.656. The van der Waals surface area contributed by atoms with E-state index in [2.05, 4.69) is 16.0 Å². The van der Waals surface area contributed by atoms with Crippen molar-refractivity contribution >= 4 is 40.5 Å². The van der Waals surface area contributed by atoms with Crippen LogP contribution in [0.2, 0.25) is 5.02 Å². The van der Waals surface area contributed by atoms with Crippen molar-refractivity contribution in [2.75, 3.05) is 11.9 Å². The topological polar surface area (TPSA) is 62.4 Å². The van der Waals surface area contributed by atoms with Crippen LogP contribution in [0.3, 0.4) is 0 Å². The fourth-order valence-electron chi connectivity index (χ4n) is 2.98. The number of benzene rings is 2.